The molecule has 0 rings (SSSR count). The third-order valence-corrected chi connectivity index (χ3v) is 2.21. The first-order valence-electron chi connectivity index (χ1n) is 6.87. The van der Waals surface area contributed by atoms with Crippen LogP contribution in [0.25, 0.3) is 0 Å². The Labute approximate surface area is 125 Å². The van der Waals surface area contributed by atoms with Crippen LogP contribution < -0.4 is 16.8 Å². The SMILES string of the molecule is CCOC(=O)[C@H](CCCN=C(N)N)NC(=O)OC(C)(C)C. The van der Waals surface area contributed by atoms with E-state index in [1.54, 1.807) is 27.7 Å². The van der Waals surface area contributed by atoms with Crippen LogP contribution in [0.1, 0.15) is 40.5 Å². The summed E-state index contributed by atoms with van der Waals surface area (Å²) in [6, 6.07) is -0.783. The van der Waals surface area contributed by atoms with Crippen LogP contribution in [-0.4, -0.2) is 42.8 Å². The number of nitrogens with two attached hydrogens (primary N) is 2. The smallest absolute Gasteiger partial charge is 0.408 e. The molecule has 0 fully saturated rings. The van der Waals surface area contributed by atoms with Crippen LogP contribution in [0.4, 0.5) is 4.79 Å². The summed E-state index contributed by atoms with van der Waals surface area (Å²) in [5, 5.41) is 2.50. The first-order chi connectivity index (χ1) is 9.65. The summed E-state index contributed by atoms with van der Waals surface area (Å²) in [4.78, 5) is 27.3. The number of guanidine groups is 1. The highest BCUT2D eigenvalue weighted by molar-refractivity contribution is 5.81. The molecule has 8 nitrogen and oxygen atoms in total. The number of esters is 1. The maximum absolute atomic E-state index is 11.8. The second kappa shape index (κ2) is 9.04. The minimum atomic E-state index is -0.783. The van der Waals surface area contributed by atoms with E-state index in [2.05, 4.69) is 10.3 Å². The normalized spacial score (nSPS) is 12.2. The molecule has 122 valence electrons. The summed E-state index contributed by atoms with van der Waals surface area (Å²) in [5.41, 5.74) is 9.79. The van der Waals surface area contributed by atoms with Gasteiger partial charge in [0.2, 0.25) is 0 Å². The Hall–Kier alpha value is -1.99. The number of rotatable bonds is 7. The third kappa shape index (κ3) is 10.5. The topological polar surface area (TPSA) is 129 Å². The molecule has 0 aromatic heterocycles. The lowest BCUT2D eigenvalue weighted by molar-refractivity contribution is -0.145. The van der Waals surface area contributed by atoms with Crippen molar-refractivity contribution in [3.63, 3.8) is 0 Å². The summed E-state index contributed by atoms with van der Waals surface area (Å²) in [6.45, 7) is 7.52. The van der Waals surface area contributed by atoms with Crippen molar-refractivity contribution in [2.75, 3.05) is 13.2 Å². The van der Waals surface area contributed by atoms with Crippen LogP contribution >= 0.6 is 0 Å². The van der Waals surface area contributed by atoms with Crippen LogP contribution in [0.5, 0.6) is 0 Å². The molecule has 8 heteroatoms. The predicted octanol–water partition coefficient (Wildman–Crippen LogP) is 0.496. The largest absolute Gasteiger partial charge is 0.464 e. The first-order valence-corrected chi connectivity index (χ1v) is 6.87. The third-order valence-electron chi connectivity index (χ3n) is 2.21. The second-order valence-electron chi connectivity index (χ2n) is 5.40. The number of hydrogen-bond donors (Lipinski definition) is 3. The van der Waals surface area contributed by atoms with Gasteiger partial charge in [-0.3, -0.25) is 4.99 Å². The molecule has 5 N–H and O–H groups in total. The van der Waals surface area contributed by atoms with E-state index in [1.807, 2.05) is 0 Å². The van der Waals surface area contributed by atoms with Gasteiger partial charge in [-0.15, -0.1) is 0 Å². The van der Waals surface area contributed by atoms with Crippen molar-refractivity contribution in [3.05, 3.63) is 0 Å². The van der Waals surface area contributed by atoms with E-state index >= 15 is 0 Å². The Balaban J connectivity index is 4.49. The lowest BCUT2D eigenvalue weighted by Gasteiger charge is -2.22. The molecule has 0 heterocycles. The lowest BCUT2D eigenvalue weighted by atomic mass is 10.1. The Morgan fingerprint density at radius 1 is 1.29 bits per heavy atom. The van der Waals surface area contributed by atoms with Crippen molar-refractivity contribution < 1.29 is 19.1 Å². The van der Waals surface area contributed by atoms with Gasteiger partial charge >= 0.3 is 12.1 Å². The molecule has 0 saturated carbocycles. The molecule has 0 aliphatic rings. The zero-order chi connectivity index (χ0) is 16.5. The number of alkyl carbamates (subject to hydrolysis) is 1. The fourth-order valence-electron chi connectivity index (χ4n) is 1.45. The molecular weight excluding hydrogens is 276 g/mol. The molecule has 0 unspecified atom stereocenters. The number of carbonyl (C=O) groups is 2. The van der Waals surface area contributed by atoms with Gasteiger partial charge in [0, 0.05) is 6.54 Å². The highest BCUT2D eigenvalue weighted by atomic mass is 16.6. The standard InChI is InChI=1S/C13H26N4O4/c1-5-20-10(18)9(7-6-8-16-11(14)15)17-12(19)21-13(2,3)4/h9H,5-8H2,1-4H3,(H,17,19)(H4,14,15,16)/t9-/m0/s1. The minimum absolute atomic E-state index is 0.0113. The maximum atomic E-state index is 11.8. The van der Waals surface area contributed by atoms with E-state index in [1.165, 1.54) is 0 Å². The van der Waals surface area contributed by atoms with E-state index in [9.17, 15) is 9.59 Å². The molecule has 21 heavy (non-hydrogen) atoms. The molecule has 0 aromatic rings. The van der Waals surface area contributed by atoms with E-state index in [4.69, 9.17) is 20.9 Å². The van der Waals surface area contributed by atoms with Crippen molar-refractivity contribution >= 4 is 18.0 Å². The highest BCUT2D eigenvalue weighted by Crippen LogP contribution is 2.08. The van der Waals surface area contributed by atoms with Crippen LogP contribution in [0.2, 0.25) is 0 Å². The zero-order valence-corrected chi connectivity index (χ0v) is 13.1. The van der Waals surface area contributed by atoms with Crippen molar-refractivity contribution in [2.45, 2.75) is 52.2 Å². The average Bonchev–Trinajstić information content (AvgIpc) is 2.30. The zero-order valence-electron chi connectivity index (χ0n) is 13.1. The van der Waals surface area contributed by atoms with Crippen molar-refractivity contribution in [2.24, 2.45) is 16.5 Å². The van der Waals surface area contributed by atoms with Gasteiger partial charge < -0.3 is 26.3 Å². The highest BCUT2D eigenvalue weighted by Gasteiger charge is 2.24. The number of carbonyl (C=O) groups excluding carboxylic acids is 2. The fourth-order valence-corrected chi connectivity index (χ4v) is 1.45. The molecule has 1 amide bonds. The van der Waals surface area contributed by atoms with Gasteiger partial charge in [-0.1, -0.05) is 0 Å². The number of amides is 1. The molecule has 0 saturated heterocycles. The Morgan fingerprint density at radius 3 is 2.38 bits per heavy atom. The van der Waals surface area contributed by atoms with Crippen molar-refractivity contribution in [1.29, 1.82) is 0 Å². The van der Waals surface area contributed by atoms with Gasteiger partial charge in [0.15, 0.2) is 5.96 Å². The number of hydrogen-bond acceptors (Lipinski definition) is 5. The summed E-state index contributed by atoms with van der Waals surface area (Å²) in [5.74, 6) is -0.518. The van der Waals surface area contributed by atoms with Gasteiger partial charge in [0.25, 0.3) is 0 Å². The summed E-state index contributed by atoms with van der Waals surface area (Å²) in [6.07, 6.45) is 0.217. The second-order valence-corrected chi connectivity index (χ2v) is 5.40. The Morgan fingerprint density at radius 2 is 1.90 bits per heavy atom. The molecule has 0 radical (unpaired) electrons. The van der Waals surface area contributed by atoms with Gasteiger partial charge in [0.1, 0.15) is 11.6 Å². The van der Waals surface area contributed by atoms with E-state index in [0.717, 1.165) is 0 Å². The number of ether oxygens (including phenoxy) is 2. The van der Waals surface area contributed by atoms with Gasteiger partial charge in [-0.2, -0.15) is 0 Å². The quantitative estimate of drug-likeness (QED) is 0.272. The van der Waals surface area contributed by atoms with Crippen molar-refractivity contribution in [3.8, 4) is 0 Å². The Kier molecular flexibility index (Phi) is 8.18. The molecule has 0 bridgehead atoms. The first kappa shape index (κ1) is 19.0. The van der Waals surface area contributed by atoms with Crippen LogP contribution in [-0.2, 0) is 14.3 Å². The monoisotopic (exact) mass is 302 g/mol. The van der Waals surface area contributed by atoms with Gasteiger partial charge in [0.05, 0.1) is 6.61 Å². The van der Waals surface area contributed by atoms with E-state index in [0.29, 0.717) is 19.4 Å². The molecule has 0 aromatic carbocycles. The average molecular weight is 302 g/mol. The summed E-state index contributed by atoms with van der Waals surface area (Å²) < 4.78 is 10.0. The van der Waals surface area contributed by atoms with E-state index in [-0.39, 0.29) is 12.6 Å². The molecule has 0 aliphatic carbocycles. The van der Waals surface area contributed by atoms with Crippen LogP contribution in [0.15, 0.2) is 4.99 Å². The van der Waals surface area contributed by atoms with Crippen LogP contribution in [0, 0.1) is 0 Å². The lowest BCUT2D eigenvalue weighted by Crippen LogP contribution is -2.44. The molecule has 0 aliphatic heterocycles. The van der Waals surface area contributed by atoms with Crippen molar-refractivity contribution in [1.82, 2.24) is 5.32 Å². The van der Waals surface area contributed by atoms with E-state index < -0.39 is 23.7 Å². The van der Waals surface area contributed by atoms with Gasteiger partial charge in [-0.05, 0) is 40.5 Å². The van der Waals surface area contributed by atoms with Crippen LogP contribution in [0.3, 0.4) is 0 Å². The fraction of sp³-hybridized carbons (Fsp3) is 0.769. The molecular formula is C13H26N4O4. The minimum Gasteiger partial charge on any atom is -0.464 e. The molecule has 0 spiro atoms. The summed E-state index contributed by atoms with van der Waals surface area (Å²) >= 11 is 0. The maximum Gasteiger partial charge on any atom is 0.408 e. The Bertz CT molecular complexity index is 373. The number of nitrogens with one attached hydrogen (secondary N) is 1. The molecule has 1 atom stereocenters. The summed E-state index contributed by atoms with van der Waals surface area (Å²) in [7, 11) is 0. The number of nitrogens with zero attached hydrogens (tertiary/aromatic N) is 1. The predicted molar refractivity (Wildman–Crippen MR) is 79.7 cm³/mol. The number of aliphatic imine (C=N–C) groups is 1. The van der Waals surface area contributed by atoms with Gasteiger partial charge in [-0.25, -0.2) is 9.59 Å².